The first-order valence-electron chi connectivity index (χ1n) is 10.1. The Bertz CT molecular complexity index is 887. The highest BCUT2D eigenvalue weighted by Gasteiger charge is 2.34. The lowest BCUT2D eigenvalue weighted by atomic mass is 10.1. The van der Waals surface area contributed by atoms with E-state index in [-0.39, 0.29) is 24.2 Å². The van der Waals surface area contributed by atoms with Crippen LogP contribution in [0.3, 0.4) is 0 Å². The van der Waals surface area contributed by atoms with Gasteiger partial charge in [-0.05, 0) is 38.1 Å². The molecule has 2 aromatic rings. The number of hydrogen-bond acceptors (Lipinski definition) is 7. The first-order valence-corrected chi connectivity index (χ1v) is 10.1. The third-order valence-electron chi connectivity index (χ3n) is 4.80. The normalized spacial score (nSPS) is 15.8. The Kier molecular flexibility index (Phi) is 7.05. The maximum absolute atomic E-state index is 12.5. The molecule has 1 aliphatic heterocycles. The molecule has 1 saturated heterocycles. The van der Waals surface area contributed by atoms with Crippen molar-refractivity contribution in [1.29, 1.82) is 0 Å². The molecule has 3 rings (SSSR count). The minimum absolute atomic E-state index is 0.0532. The lowest BCUT2D eigenvalue weighted by Gasteiger charge is -2.17. The van der Waals surface area contributed by atoms with Crippen molar-refractivity contribution >= 4 is 29.3 Å². The fourth-order valence-electron chi connectivity index (χ4n) is 3.32. The number of amides is 2. The van der Waals surface area contributed by atoms with E-state index in [0.29, 0.717) is 25.6 Å². The number of carbonyl (C=O) groups is 2. The van der Waals surface area contributed by atoms with Crippen LogP contribution in [0.4, 0.5) is 17.5 Å². The minimum Gasteiger partial charge on any atom is -0.497 e. The molecule has 9 heteroatoms. The van der Waals surface area contributed by atoms with E-state index in [1.165, 1.54) is 0 Å². The largest absolute Gasteiger partial charge is 0.497 e. The number of hydrogen-bond donors (Lipinski definition) is 3. The van der Waals surface area contributed by atoms with Crippen molar-refractivity contribution in [3.05, 3.63) is 36.0 Å². The zero-order chi connectivity index (χ0) is 21.5. The molecular formula is C21H28N6O3. The van der Waals surface area contributed by atoms with Crippen molar-refractivity contribution in [3.8, 4) is 5.75 Å². The van der Waals surface area contributed by atoms with Crippen LogP contribution in [0.2, 0.25) is 0 Å². The fraction of sp³-hybridized carbons (Fsp3) is 0.429. The van der Waals surface area contributed by atoms with Crippen molar-refractivity contribution < 1.29 is 14.3 Å². The summed E-state index contributed by atoms with van der Waals surface area (Å²) in [5.41, 5.74) is 1.63. The molecule has 3 N–H and O–H groups in total. The summed E-state index contributed by atoms with van der Waals surface area (Å²) in [6, 6.07) is 9.13. The minimum atomic E-state index is -0.366. The molecule has 1 atom stereocenters. The van der Waals surface area contributed by atoms with E-state index < -0.39 is 0 Å². The molecule has 2 amide bonds. The molecule has 30 heavy (non-hydrogen) atoms. The van der Waals surface area contributed by atoms with Gasteiger partial charge in [0, 0.05) is 50.0 Å². The van der Waals surface area contributed by atoms with Gasteiger partial charge in [0.15, 0.2) is 0 Å². The summed E-state index contributed by atoms with van der Waals surface area (Å²) in [6.45, 7) is 5.96. The van der Waals surface area contributed by atoms with Gasteiger partial charge in [-0.25, -0.2) is 4.98 Å². The molecule has 1 fully saturated rings. The van der Waals surface area contributed by atoms with Gasteiger partial charge in [-0.15, -0.1) is 0 Å². The van der Waals surface area contributed by atoms with Crippen molar-refractivity contribution in [3.63, 3.8) is 0 Å². The second-order valence-corrected chi connectivity index (χ2v) is 7.07. The fourth-order valence-corrected chi connectivity index (χ4v) is 3.32. The Morgan fingerprint density at radius 3 is 2.67 bits per heavy atom. The van der Waals surface area contributed by atoms with Crippen LogP contribution in [0, 0.1) is 12.8 Å². The maximum Gasteiger partial charge on any atom is 0.227 e. The maximum atomic E-state index is 12.5. The second kappa shape index (κ2) is 9.91. The third kappa shape index (κ3) is 5.37. The van der Waals surface area contributed by atoms with Gasteiger partial charge in [-0.2, -0.15) is 4.98 Å². The van der Waals surface area contributed by atoms with Gasteiger partial charge in [0.1, 0.15) is 11.6 Å². The summed E-state index contributed by atoms with van der Waals surface area (Å²) in [5, 5.41) is 9.17. The highest BCUT2D eigenvalue weighted by atomic mass is 16.5. The first kappa shape index (κ1) is 21.4. The zero-order valence-electron chi connectivity index (χ0n) is 17.6. The molecule has 1 aliphatic rings. The number of rotatable bonds is 9. The Morgan fingerprint density at radius 1 is 1.20 bits per heavy atom. The van der Waals surface area contributed by atoms with Crippen LogP contribution in [0.25, 0.3) is 0 Å². The summed E-state index contributed by atoms with van der Waals surface area (Å²) in [4.78, 5) is 35.2. The number of methoxy groups -OCH3 is 1. The Morgan fingerprint density at radius 2 is 1.97 bits per heavy atom. The molecule has 0 radical (unpaired) electrons. The number of nitrogens with zero attached hydrogens (tertiary/aromatic N) is 3. The predicted molar refractivity (Wildman–Crippen MR) is 116 cm³/mol. The average Bonchev–Trinajstić information content (AvgIpc) is 3.13. The van der Waals surface area contributed by atoms with Gasteiger partial charge in [0.2, 0.25) is 17.8 Å². The standard InChI is InChI=1S/C21H28N6O3/c1-4-22-18-11-14(2)25-21(26-18)24-10-9-23-20(29)15-12-19(28)27(13-15)16-5-7-17(30-3)8-6-16/h5-8,11,15H,4,9-10,12-13H2,1-3H3,(H,23,29)(H2,22,24,25,26). The molecule has 0 spiro atoms. The lowest BCUT2D eigenvalue weighted by Crippen LogP contribution is -2.35. The Balaban J connectivity index is 1.47. The van der Waals surface area contributed by atoms with Crippen LogP contribution >= 0.6 is 0 Å². The topological polar surface area (TPSA) is 108 Å². The monoisotopic (exact) mass is 412 g/mol. The van der Waals surface area contributed by atoms with Crippen LogP contribution in [-0.4, -0.2) is 55.1 Å². The summed E-state index contributed by atoms with van der Waals surface area (Å²) < 4.78 is 5.14. The van der Waals surface area contributed by atoms with E-state index in [1.54, 1.807) is 24.1 Å². The van der Waals surface area contributed by atoms with E-state index in [9.17, 15) is 9.59 Å². The highest BCUT2D eigenvalue weighted by molar-refractivity contribution is 6.00. The summed E-state index contributed by atoms with van der Waals surface area (Å²) >= 11 is 0. The number of aromatic nitrogens is 2. The van der Waals surface area contributed by atoms with Gasteiger partial charge in [0.25, 0.3) is 0 Å². The molecule has 0 aliphatic carbocycles. The Labute approximate surface area is 176 Å². The van der Waals surface area contributed by atoms with Crippen LogP contribution < -0.4 is 25.6 Å². The molecule has 0 saturated carbocycles. The second-order valence-electron chi connectivity index (χ2n) is 7.07. The number of carbonyl (C=O) groups excluding carboxylic acids is 2. The third-order valence-corrected chi connectivity index (χ3v) is 4.80. The average molecular weight is 412 g/mol. The number of benzene rings is 1. The van der Waals surface area contributed by atoms with Gasteiger partial charge in [0.05, 0.1) is 13.0 Å². The van der Waals surface area contributed by atoms with E-state index in [4.69, 9.17) is 4.74 Å². The smallest absolute Gasteiger partial charge is 0.227 e. The van der Waals surface area contributed by atoms with Gasteiger partial charge < -0.3 is 25.6 Å². The summed E-state index contributed by atoms with van der Waals surface area (Å²) in [5.74, 6) is 1.46. The van der Waals surface area contributed by atoms with Crippen LogP contribution in [-0.2, 0) is 9.59 Å². The molecule has 2 heterocycles. The first-order chi connectivity index (χ1) is 14.5. The molecule has 0 bridgehead atoms. The number of anilines is 3. The van der Waals surface area contributed by atoms with Gasteiger partial charge in [-0.3, -0.25) is 9.59 Å². The molecule has 160 valence electrons. The number of ether oxygens (including phenoxy) is 1. The van der Waals surface area contributed by atoms with Crippen LogP contribution in [0.15, 0.2) is 30.3 Å². The van der Waals surface area contributed by atoms with E-state index in [1.807, 2.05) is 32.0 Å². The van der Waals surface area contributed by atoms with E-state index in [2.05, 4.69) is 25.9 Å². The van der Waals surface area contributed by atoms with Gasteiger partial charge >= 0.3 is 0 Å². The zero-order valence-corrected chi connectivity index (χ0v) is 17.6. The quantitative estimate of drug-likeness (QED) is 0.539. The summed E-state index contributed by atoms with van der Waals surface area (Å²) in [6.07, 6.45) is 0.207. The van der Waals surface area contributed by atoms with Crippen molar-refractivity contribution in [1.82, 2.24) is 15.3 Å². The van der Waals surface area contributed by atoms with Crippen LogP contribution in [0.5, 0.6) is 5.75 Å². The molecule has 9 nitrogen and oxygen atoms in total. The number of aryl methyl sites for hydroxylation is 1. The highest BCUT2D eigenvalue weighted by Crippen LogP contribution is 2.26. The molecule has 1 aromatic heterocycles. The molecule has 1 aromatic carbocycles. The van der Waals surface area contributed by atoms with Crippen molar-refractivity contribution in [2.24, 2.45) is 5.92 Å². The Hall–Kier alpha value is -3.36. The lowest BCUT2D eigenvalue weighted by molar-refractivity contribution is -0.126. The van der Waals surface area contributed by atoms with Crippen molar-refractivity contribution in [2.75, 3.05) is 48.8 Å². The van der Waals surface area contributed by atoms with E-state index in [0.717, 1.165) is 29.5 Å². The van der Waals surface area contributed by atoms with E-state index >= 15 is 0 Å². The number of nitrogens with one attached hydrogen (secondary N) is 3. The summed E-state index contributed by atoms with van der Waals surface area (Å²) in [7, 11) is 1.59. The SMILES string of the molecule is CCNc1cc(C)nc(NCCNC(=O)C2CC(=O)N(c3ccc(OC)cc3)C2)n1. The van der Waals surface area contributed by atoms with Crippen molar-refractivity contribution in [2.45, 2.75) is 20.3 Å². The van der Waals surface area contributed by atoms with Gasteiger partial charge in [-0.1, -0.05) is 0 Å². The molecule has 1 unspecified atom stereocenters. The molecular weight excluding hydrogens is 384 g/mol. The predicted octanol–water partition coefficient (Wildman–Crippen LogP) is 1.81. The van der Waals surface area contributed by atoms with Crippen LogP contribution in [0.1, 0.15) is 19.0 Å².